The second kappa shape index (κ2) is 5.77. The van der Waals surface area contributed by atoms with Crippen LogP contribution in [0.1, 0.15) is 19.4 Å². The number of H-pyrrole nitrogens is 1. The van der Waals surface area contributed by atoms with Crippen LogP contribution >= 0.6 is 0 Å². The van der Waals surface area contributed by atoms with Crippen molar-refractivity contribution < 1.29 is 14.7 Å². The molecule has 0 saturated heterocycles. The lowest BCUT2D eigenvalue weighted by atomic mass is 10.0. The van der Waals surface area contributed by atoms with Crippen LogP contribution in [0, 0.1) is 5.92 Å². The number of benzene rings is 1. The Hall–Kier alpha value is -2.30. The van der Waals surface area contributed by atoms with Gasteiger partial charge >= 0.3 is 0 Å². The normalized spacial score (nSPS) is 12.6. The van der Waals surface area contributed by atoms with Crippen molar-refractivity contribution >= 4 is 22.8 Å². The number of hydrogen-bond donors (Lipinski definition) is 2. The van der Waals surface area contributed by atoms with E-state index in [1.54, 1.807) is 20.0 Å². The van der Waals surface area contributed by atoms with Crippen molar-refractivity contribution in [2.24, 2.45) is 5.92 Å². The van der Waals surface area contributed by atoms with Gasteiger partial charge in [0.25, 0.3) is 0 Å². The summed E-state index contributed by atoms with van der Waals surface area (Å²) < 4.78 is 0. The largest absolute Gasteiger partial charge is 0.548 e. The molecular weight excluding hydrogens is 256 g/mol. The summed E-state index contributed by atoms with van der Waals surface area (Å²) in [6.45, 7) is 3.46. The molecule has 20 heavy (non-hydrogen) atoms. The summed E-state index contributed by atoms with van der Waals surface area (Å²) in [6.07, 6.45) is 1.91. The molecule has 1 amide bonds. The van der Waals surface area contributed by atoms with Crippen LogP contribution in [0.2, 0.25) is 0 Å². The Bertz CT molecular complexity index is 631. The molecule has 1 unspecified atom stereocenters. The fourth-order valence-electron chi connectivity index (χ4n) is 2.17. The van der Waals surface area contributed by atoms with Crippen LogP contribution in [0.5, 0.6) is 0 Å². The predicted molar refractivity (Wildman–Crippen MR) is 73.8 cm³/mol. The van der Waals surface area contributed by atoms with Gasteiger partial charge in [0.05, 0.1) is 18.4 Å². The zero-order valence-corrected chi connectivity index (χ0v) is 11.5. The third kappa shape index (κ3) is 2.99. The lowest BCUT2D eigenvalue weighted by molar-refractivity contribution is -0.309. The first-order valence-electron chi connectivity index (χ1n) is 6.54. The van der Waals surface area contributed by atoms with Gasteiger partial charge in [0.1, 0.15) is 0 Å². The molecule has 0 bridgehead atoms. The third-order valence-corrected chi connectivity index (χ3v) is 3.26. The Labute approximate surface area is 117 Å². The Kier molecular flexibility index (Phi) is 4.08. The van der Waals surface area contributed by atoms with E-state index in [4.69, 9.17) is 0 Å². The number of nitrogens with one attached hydrogen (secondary N) is 2. The molecule has 5 heteroatoms. The number of carboxylic acids is 1. The molecule has 0 aliphatic carbocycles. The molecule has 0 saturated carbocycles. The molecule has 1 aromatic heterocycles. The Morgan fingerprint density at radius 3 is 2.65 bits per heavy atom. The lowest BCUT2D eigenvalue weighted by Crippen LogP contribution is -2.51. The maximum absolute atomic E-state index is 12.0. The number of aromatic amines is 1. The second-order valence-electron chi connectivity index (χ2n) is 5.14. The van der Waals surface area contributed by atoms with Gasteiger partial charge in [-0.25, -0.2) is 0 Å². The number of carbonyl (C=O) groups excluding carboxylic acids is 2. The van der Waals surface area contributed by atoms with E-state index in [1.165, 1.54) is 0 Å². The number of amides is 1. The van der Waals surface area contributed by atoms with E-state index in [-0.39, 0.29) is 18.2 Å². The average molecular weight is 273 g/mol. The highest BCUT2D eigenvalue weighted by Crippen LogP contribution is 2.18. The van der Waals surface area contributed by atoms with Gasteiger partial charge < -0.3 is 20.2 Å². The van der Waals surface area contributed by atoms with Crippen LogP contribution in [0.15, 0.2) is 30.5 Å². The van der Waals surface area contributed by atoms with Gasteiger partial charge in [-0.15, -0.1) is 0 Å². The first-order valence-corrected chi connectivity index (χ1v) is 6.54. The summed E-state index contributed by atoms with van der Waals surface area (Å²) in [5, 5.41) is 14.4. The SMILES string of the molecule is CC(C)C(NC(=O)Cc1c[nH]c2ccccc12)C(=O)[O-]. The predicted octanol–water partition coefficient (Wildman–Crippen LogP) is 0.601. The van der Waals surface area contributed by atoms with Gasteiger partial charge in [-0.05, 0) is 17.5 Å². The van der Waals surface area contributed by atoms with Crippen LogP contribution in [-0.2, 0) is 16.0 Å². The molecule has 1 aromatic carbocycles. The van der Waals surface area contributed by atoms with Crippen LogP contribution in [0.25, 0.3) is 10.9 Å². The molecule has 0 spiro atoms. The van der Waals surface area contributed by atoms with Crippen molar-refractivity contribution in [3.8, 4) is 0 Å². The number of carbonyl (C=O) groups is 2. The quantitative estimate of drug-likeness (QED) is 0.836. The molecule has 0 aliphatic rings. The molecule has 2 aromatic rings. The molecule has 0 fully saturated rings. The van der Waals surface area contributed by atoms with E-state index in [9.17, 15) is 14.7 Å². The zero-order chi connectivity index (χ0) is 14.7. The summed E-state index contributed by atoms with van der Waals surface area (Å²) in [7, 11) is 0. The number of hydrogen-bond acceptors (Lipinski definition) is 3. The number of fused-ring (bicyclic) bond motifs is 1. The Morgan fingerprint density at radius 2 is 2.00 bits per heavy atom. The summed E-state index contributed by atoms with van der Waals surface area (Å²) in [5.41, 5.74) is 1.80. The molecule has 2 rings (SSSR count). The van der Waals surface area contributed by atoms with Crippen molar-refractivity contribution in [1.29, 1.82) is 0 Å². The van der Waals surface area contributed by atoms with E-state index in [1.807, 2.05) is 24.3 Å². The van der Waals surface area contributed by atoms with E-state index in [0.29, 0.717) is 0 Å². The number of para-hydroxylation sites is 1. The molecule has 1 heterocycles. The van der Waals surface area contributed by atoms with Crippen LogP contribution in [0.4, 0.5) is 0 Å². The van der Waals surface area contributed by atoms with Crippen molar-refractivity contribution in [2.75, 3.05) is 0 Å². The van der Waals surface area contributed by atoms with Gasteiger partial charge in [0.2, 0.25) is 5.91 Å². The van der Waals surface area contributed by atoms with Gasteiger partial charge in [-0.1, -0.05) is 32.0 Å². The molecule has 5 nitrogen and oxygen atoms in total. The van der Waals surface area contributed by atoms with Gasteiger partial charge in [-0.3, -0.25) is 4.79 Å². The fourth-order valence-corrected chi connectivity index (χ4v) is 2.17. The van der Waals surface area contributed by atoms with E-state index < -0.39 is 12.0 Å². The first-order chi connectivity index (χ1) is 9.49. The Morgan fingerprint density at radius 1 is 1.30 bits per heavy atom. The van der Waals surface area contributed by atoms with Crippen molar-refractivity contribution in [1.82, 2.24) is 10.3 Å². The minimum absolute atomic E-state index is 0.139. The highest BCUT2D eigenvalue weighted by Gasteiger charge is 2.18. The highest BCUT2D eigenvalue weighted by molar-refractivity contribution is 5.90. The van der Waals surface area contributed by atoms with Crippen molar-refractivity contribution in [2.45, 2.75) is 26.3 Å². The molecular formula is C15H17N2O3-. The van der Waals surface area contributed by atoms with Crippen LogP contribution in [0.3, 0.4) is 0 Å². The fraction of sp³-hybridized carbons (Fsp3) is 0.333. The van der Waals surface area contributed by atoms with Gasteiger partial charge in [0, 0.05) is 17.1 Å². The number of aromatic nitrogens is 1. The molecule has 0 radical (unpaired) electrons. The maximum Gasteiger partial charge on any atom is 0.225 e. The number of carboxylic acid groups (broad SMARTS) is 1. The summed E-state index contributed by atoms with van der Waals surface area (Å²) in [5.74, 6) is -1.79. The third-order valence-electron chi connectivity index (χ3n) is 3.26. The number of aliphatic carboxylic acids is 1. The summed E-state index contributed by atoms with van der Waals surface area (Å²) >= 11 is 0. The van der Waals surface area contributed by atoms with Crippen molar-refractivity contribution in [3.05, 3.63) is 36.0 Å². The lowest BCUT2D eigenvalue weighted by Gasteiger charge is -2.23. The molecule has 0 aliphatic heterocycles. The van der Waals surface area contributed by atoms with E-state index >= 15 is 0 Å². The molecule has 1 atom stereocenters. The average Bonchev–Trinajstić information content (AvgIpc) is 2.79. The van der Waals surface area contributed by atoms with Crippen LogP contribution < -0.4 is 10.4 Å². The summed E-state index contributed by atoms with van der Waals surface area (Å²) in [6, 6.07) is 6.69. The minimum Gasteiger partial charge on any atom is -0.548 e. The molecule has 106 valence electrons. The van der Waals surface area contributed by atoms with E-state index in [2.05, 4.69) is 10.3 Å². The summed E-state index contributed by atoms with van der Waals surface area (Å²) in [4.78, 5) is 26.0. The van der Waals surface area contributed by atoms with Crippen LogP contribution in [-0.4, -0.2) is 22.9 Å². The van der Waals surface area contributed by atoms with Gasteiger partial charge in [0.15, 0.2) is 0 Å². The monoisotopic (exact) mass is 273 g/mol. The molecule has 2 N–H and O–H groups in total. The van der Waals surface area contributed by atoms with E-state index in [0.717, 1.165) is 16.5 Å². The number of rotatable bonds is 5. The smallest absolute Gasteiger partial charge is 0.225 e. The van der Waals surface area contributed by atoms with Gasteiger partial charge in [-0.2, -0.15) is 0 Å². The Balaban J connectivity index is 2.10. The topological polar surface area (TPSA) is 85.0 Å². The standard InChI is InChI=1S/C15H18N2O3/c1-9(2)14(15(19)20)17-13(18)7-10-8-16-12-6-4-3-5-11(10)12/h3-6,8-9,14,16H,7H2,1-2H3,(H,17,18)(H,19,20)/p-1. The second-order valence-corrected chi connectivity index (χ2v) is 5.14. The minimum atomic E-state index is -1.26. The highest BCUT2D eigenvalue weighted by atomic mass is 16.4. The first kappa shape index (κ1) is 14.1. The van der Waals surface area contributed by atoms with Crippen molar-refractivity contribution in [3.63, 3.8) is 0 Å². The zero-order valence-electron chi connectivity index (χ0n) is 11.5. The maximum atomic E-state index is 12.0.